The van der Waals surface area contributed by atoms with Gasteiger partial charge in [0.1, 0.15) is 4.83 Å². The fourth-order valence-electron chi connectivity index (χ4n) is 4.52. The van der Waals surface area contributed by atoms with Crippen LogP contribution < -0.4 is 5.56 Å². The van der Waals surface area contributed by atoms with E-state index < -0.39 is 5.41 Å². The molecule has 2 aliphatic heterocycles. The van der Waals surface area contributed by atoms with Gasteiger partial charge in [-0.05, 0) is 31.7 Å². The molecule has 2 amide bonds. The van der Waals surface area contributed by atoms with Gasteiger partial charge < -0.3 is 19.5 Å². The predicted molar refractivity (Wildman–Crippen MR) is 106 cm³/mol. The molecule has 0 aromatic carbocycles. The van der Waals surface area contributed by atoms with E-state index in [9.17, 15) is 14.4 Å². The Bertz CT molecular complexity index is 989. The van der Waals surface area contributed by atoms with Crippen LogP contribution in [0.2, 0.25) is 0 Å². The van der Waals surface area contributed by atoms with E-state index in [1.54, 1.807) is 23.8 Å². The zero-order valence-electron chi connectivity index (χ0n) is 16.3. The van der Waals surface area contributed by atoms with Crippen LogP contribution in [0.4, 0.5) is 0 Å². The summed E-state index contributed by atoms with van der Waals surface area (Å²) < 4.78 is 5.53. The molecule has 4 rings (SSSR count). The molecule has 9 heteroatoms. The number of methoxy groups -OCH3 is 1. The highest BCUT2D eigenvalue weighted by Crippen LogP contribution is 2.42. The molecule has 1 spiro atoms. The number of nitrogens with zero attached hydrogens (tertiary/aromatic N) is 3. The van der Waals surface area contributed by atoms with Crippen LogP contribution in [-0.2, 0) is 9.53 Å². The van der Waals surface area contributed by atoms with Crippen LogP contribution in [0, 0.1) is 12.3 Å². The number of likely N-dealkylation sites (N-methyl/N-ethyl adjacent to an activating group) is 1. The number of aromatic amines is 1. The Balaban J connectivity index is 1.55. The number of aryl methyl sites for hydroxylation is 1. The molecule has 2 aromatic heterocycles. The Morgan fingerprint density at radius 2 is 2.07 bits per heavy atom. The van der Waals surface area contributed by atoms with Gasteiger partial charge in [-0.3, -0.25) is 14.4 Å². The van der Waals surface area contributed by atoms with Gasteiger partial charge in [-0.15, -0.1) is 11.3 Å². The molecule has 0 radical (unpaired) electrons. The van der Waals surface area contributed by atoms with E-state index in [0.717, 1.165) is 0 Å². The molecule has 4 heterocycles. The van der Waals surface area contributed by atoms with E-state index in [2.05, 4.69) is 9.97 Å². The molecule has 2 fully saturated rings. The number of nitrogens with one attached hydrogen (secondary N) is 1. The molecule has 1 unspecified atom stereocenters. The summed E-state index contributed by atoms with van der Waals surface area (Å²) in [6, 6.07) is 0. The molecule has 8 nitrogen and oxygen atoms in total. The third kappa shape index (κ3) is 2.93. The molecule has 0 aliphatic carbocycles. The van der Waals surface area contributed by atoms with Gasteiger partial charge in [0, 0.05) is 33.8 Å². The lowest BCUT2D eigenvalue weighted by Gasteiger charge is -2.47. The maximum absolute atomic E-state index is 13.1. The number of ether oxygens (including phenoxy) is 1. The predicted octanol–water partition coefficient (Wildman–Crippen LogP) is 1.39. The largest absolute Gasteiger partial charge is 0.380 e. The lowest BCUT2D eigenvalue weighted by atomic mass is 9.71. The van der Waals surface area contributed by atoms with Crippen molar-refractivity contribution in [2.45, 2.75) is 32.3 Å². The first kappa shape index (κ1) is 19.1. The van der Waals surface area contributed by atoms with E-state index in [4.69, 9.17) is 4.74 Å². The summed E-state index contributed by atoms with van der Waals surface area (Å²) in [6.45, 7) is 3.44. The molecule has 1 N–H and O–H groups in total. The number of H-pyrrole nitrogens is 1. The Morgan fingerprint density at radius 1 is 1.36 bits per heavy atom. The van der Waals surface area contributed by atoms with Crippen molar-refractivity contribution in [2.24, 2.45) is 5.41 Å². The highest BCUT2D eigenvalue weighted by atomic mass is 32.1. The second kappa shape index (κ2) is 6.97. The van der Waals surface area contributed by atoms with Gasteiger partial charge in [0.05, 0.1) is 28.1 Å². The zero-order valence-corrected chi connectivity index (χ0v) is 17.1. The van der Waals surface area contributed by atoms with Crippen molar-refractivity contribution in [1.82, 2.24) is 19.8 Å². The monoisotopic (exact) mass is 404 g/mol. The summed E-state index contributed by atoms with van der Waals surface area (Å²) in [6.07, 6.45) is 3.36. The normalized spacial score (nSPS) is 22.2. The van der Waals surface area contributed by atoms with Gasteiger partial charge in [0.25, 0.3) is 11.5 Å². The van der Waals surface area contributed by atoms with Crippen LogP contribution in [-0.4, -0.2) is 71.5 Å². The molecule has 2 aromatic rings. The molecule has 1 atom stereocenters. The highest BCUT2D eigenvalue weighted by Gasteiger charge is 2.48. The van der Waals surface area contributed by atoms with Crippen LogP contribution >= 0.6 is 11.3 Å². The third-order valence-electron chi connectivity index (χ3n) is 6.16. The lowest BCUT2D eigenvalue weighted by molar-refractivity contribution is -0.155. The highest BCUT2D eigenvalue weighted by molar-refractivity contribution is 7.20. The van der Waals surface area contributed by atoms with E-state index in [1.807, 2.05) is 7.05 Å². The van der Waals surface area contributed by atoms with Crippen LogP contribution in [0.25, 0.3) is 10.2 Å². The minimum atomic E-state index is -0.446. The van der Waals surface area contributed by atoms with Gasteiger partial charge in [-0.1, -0.05) is 0 Å². The molecular weight excluding hydrogens is 380 g/mol. The summed E-state index contributed by atoms with van der Waals surface area (Å²) in [5.41, 5.74) is 0.00246. The fourth-order valence-corrected chi connectivity index (χ4v) is 5.64. The maximum atomic E-state index is 13.1. The molecule has 2 aliphatic rings. The second-order valence-corrected chi connectivity index (χ2v) is 8.79. The van der Waals surface area contributed by atoms with Gasteiger partial charge >= 0.3 is 0 Å². The number of likely N-dealkylation sites (tertiary alicyclic amines) is 2. The average Bonchev–Trinajstić information content (AvgIpc) is 3.03. The molecule has 150 valence electrons. The van der Waals surface area contributed by atoms with Crippen LogP contribution in [0.3, 0.4) is 0 Å². The number of hydrogen-bond acceptors (Lipinski definition) is 6. The number of fused-ring (bicyclic) bond motifs is 1. The van der Waals surface area contributed by atoms with Crippen molar-refractivity contribution in [2.75, 3.05) is 33.8 Å². The zero-order chi connectivity index (χ0) is 20.1. The summed E-state index contributed by atoms with van der Waals surface area (Å²) >= 11 is 1.25. The van der Waals surface area contributed by atoms with Crippen molar-refractivity contribution in [1.29, 1.82) is 0 Å². The SMILES string of the molecule is COC1CN(C)C(=O)C2(CCN(C(=O)c3sc4nc[nH]c(=O)c4c3C)CC2)C1. The molecule has 2 saturated heterocycles. The Labute approximate surface area is 166 Å². The first-order chi connectivity index (χ1) is 13.4. The number of piperidine rings is 2. The quantitative estimate of drug-likeness (QED) is 0.816. The van der Waals surface area contributed by atoms with Crippen LogP contribution in [0.5, 0.6) is 0 Å². The number of carbonyl (C=O) groups is 2. The smallest absolute Gasteiger partial charge is 0.264 e. The Morgan fingerprint density at radius 3 is 2.71 bits per heavy atom. The summed E-state index contributed by atoms with van der Waals surface area (Å²) in [5, 5.41) is 0.483. The van der Waals surface area contributed by atoms with E-state index in [1.165, 1.54) is 17.7 Å². The summed E-state index contributed by atoms with van der Waals surface area (Å²) in [4.78, 5) is 49.5. The van der Waals surface area contributed by atoms with E-state index in [0.29, 0.717) is 59.6 Å². The lowest BCUT2D eigenvalue weighted by Crippen LogP contribution is -2.57. The van der Waals surface area contributed by atoms with Crippen molar-refractivity contribution < 1.29 is 14.3 Å². The standard InChI is InChI=1S/C19H24N4O4S/c1-11-13-15(24)20-10-21-16(13)28-14(11)17(25)23-6-4-19(5-7-23)8-12(27-3)9-22(2)18(19)26/h10,12H,4-9H2,1-3H3,(H,20,21,24). The minimum absolute atomic E-state index is 0.0348. The molecule has 0 bridgehead atoms. The number of hydrogen-bond donors (Lipinski definition) is 1. The molecule has 28 heavy (non-hydrogen) atoms. The van der Waals surface area contributed by atoms with Gasteiger partial charge in [-0.2, -0.15) is 0 Å². The number of aromatic nitrogens is 2. The average molecular weight is 404 g/mol. The van der Waals surface area contributed by atoms with Crippen molar-refractivity contribution in [3.8, 4) is 0 Å². The number of thiophene rings is 1. The summed E-state index contributed by atoms with van der Waals surface area (Å²) in [7, 11) is 3.50. The first-order valence-electron chi connectivity index (χ1n) is 9.41. The van der Waals surface area contributed by atoms with Crippen molar-refractivity contribution in [3.05, 3.63) is 27.1 Å². The minimum Gasteiger partial charge on any atom is -0.380 e. The number of amides is 2. The Hall–Kier alpha value is -2.26. The van der Waals surface area contributed by atoms with Crippen LogP contribution in [0.15, 0.2) is 11.1 Å². The van der Waals surface area contributed by atoms with Crippen LogP contribution in [0.1, 0.15) is 34.5 Å². The summed E-state index contributed by atoms with van der Waals surface area (Å²) in [5.74, 6) is 0.0660. The molecule has 0 saturated carbocycles. The number of rotatable bonds is 2. The number of carbonyl (C=O) groups excluding carboxylic acids is 2. The maximum Gasteiger partial charge on any atom is 0.264 e. The second-order valence-electron chi connectivity index (χ2n) is 7.79. The van der Waals surface area contributed by atoms with E-state index in [-0.39, 0.29) is 23.5 Å². The molecular formula is C19H24N4O4S. The van der Waals surface area contributed by atoms with Crippen molar-refractivity contribution in [3.63, 3.8) is 0 Å². The third-order valence-corrected chi connectivity index (χ3v) is 7.35. The topological polar surface area (TPSA) is 95.6 Å². The fraction of sp³-hybridized carbons (Fsp3) is 0.579. The van der Waals surface area contributed by atoms with Crippen molar-refractivity contribution >= 4 is 33.4 Å². The van der Waals surface area contributed by atoms with Gasteiger partial charge in [-0.25, -0.2) is 4.98 Å². The Kier molecular flexibility index (Phi) is 4.75. The van der Waals surface area contributed by atoms with Gasteiger partial charge in [0.15, 0.2) is 0 Å². The van der Waals surface area contributed by atoms with Gasteiger partial charge in [0.2, 0.25) is 5.91 Å². The first-order valence-corrected chi connectivity index (χ1v) is 10.2. The van der Waals surface area contributed by atoms with E-state index >= 15 is 0 Å².